The van der Waals surface area contributed by atoms with Crippen molar-refractivity contribution in [1.82, 2.24) is 10.2 Å². The first-order chi connectivity index (χ1) is 10.4. The molecule has 1 aromatic carbocycles. The molecule has 1 N–H and O–H groups in total. The number of urea groups is 1. The fraction of sp³-hybridized carbons (Fsp3) is 0.500. The minimum atomic E-state index is -2.10. The van der Waals surface area contributed by atoms with E-state index in [1.807, 2.05) is 38.1 Å². The maximum atomic E-state index is 14.3. The number of halogens is 1. The number of esters is 1. The summed E-state index contributed by atoms with van der Waals surface area (Å²) in [5, 5.41) is 2.82. The summed E-state index contributed by atoms with van der Waals surface area (Å²) in [6.07, 6.45) is -0.0357. The number of amides is 2. The van der Waals surface area contributed by atoms with E-state index < -0.39 is 11.6 Å². The summed E-state index contributed by atoms with van der Waals surface area (Å²) < 4.78 is 18.8. The summed E-state index contributed by atoms with van der Waals surface area (Å²) in [6, 6.07) is 7.25. The lowest BCUT2D eigenvalue weighted by atomic mass is 10.1. The van der Waals surface area contributed by atoms with Gasteiger partial charge < -0.3 is 15.0 Å². The van der Waals surface area contributed by atoms with Gasteiger partial charge in [0.2, 0.25) is 5.67 Å². The monoisotopic (exact) mass is 308 g/mol. The highest BCUT2D eigenvalue weighted by molar-refractivity contribution is 5.83. The Morgan fingerprint density at radius 2 is 2.00 bits per heavy atom. The summed E-state index contributed by atoms with van der Waals surface area (Å²) in [5.74, 6) is -0.922. The number of likely N-dealkylation sites (tertiary alicyclic amines) is 1. The summed E-state index contributed by atoms with van der Waals surface area (Å²) in [5.41, 5.74) is 0.0128. The van der Waals surface area contributed by atoms with Gasteiger partial charge in [-0.1, -0.05) is 29.8 Å². The number of nitrogens with zero attached hydrogens (tertiary/aromatic N) is 1. The van der Waals surface area contributed by atoms with E-state index in [1.165, 1.54) is 4.90 Å². The average molecular weight is 308 g/mol. The van der Waals surface area contributed by atoms with Crippen molar-refractivity contribution in [2.24, 2.45) is 0 Å². The van der Waals surface area contributed by atoms with E-state index in [1.54, 1.807) is 0 Å². The zero-order chi connectivity index (χ0) is 16.3. The zero-order valence-corrected chi connectivity index (χ0v) is 13.1. The molecule has 2 amide bonds. The molecule has 0 spiro atoms. The van der Waals surface area contributed by atoms with Crippen LogP contribution in [0.15, 0.2) is 24.3 Å². The first-order valence-electron chi connectivity index (χ1n) is 7.25. The number of rotatable bonds is 3. The van der Waals surface area contributed by atoms with E-state index >= 15 is 0 Å². The van der Waals surface area contributed by atoms with Gasteiger partial charge in [0.25, 0.3) is 0 Å². The summed E-state index contributed by atoms with van der Waals surface area (Å²) in [6.45, 7) is 3.77. The number of alkyl halides is 1. The first kappa shape index (κ1) is 16.3. The molecule has 22 heavy (non-hydrogen) atoms. The Bertz CT molecular complexity index is 561. The number of hydrogen-bond donors (Lipinski definition) is 1. The molecule has 6 heteroatoms. The lowest BCUT2D eigenvalue weighted by molar-refractivity contribution is -0.153. The van der Waals surface area contributed by atoms with Crippen LogP contribution in [0.3, 0.4) is 0 Å². The second-order valence-electron chi connectivity index (χ2n) is 5.71. The number of aryl methyl sites for hydroxylation is 1. The third-order valence-electron chi connectivity index (χ3n) is 3.98. The molecule has 1 fully saturated rings. The standard InChI is InChI=1S/C16H21FN2O3/c1-11-4-6-13(7-5-11)12(2)18-15(21)19-9-8-16(17,10-19)14(20)22-3/h4-7,12H,8-10H2,1-3H3,(H,18,21)/t12-,16+/m1/s1. The van der Waals surface area contributed by atoms with Crippen molar-refractivity contribution in [3.05, 3.63) is 35.4 Å². The Kier molecular flexibility index (Phi) is 4.68. The zero-order valence-electron chi connectivity index (χ0n) is 13.1. The molecule has 1 aromatic rings. The molecule has 2 rings (SSSR count). The number of methoxy groups -OCH3 is 1. The van der Waals surface area contributed by atoms with Crippen molar-refractivity contribution in [3.8, 4) is 0 Å². The van der Waals surface area contributed by atoms with Gasteiger partial charge in [0, 0.05) is 13.0 Å². The number of ether oxygens (including phenoxy) is 1. The van der Waals surface area contributed by atoms with Crippen molar-refractivity contribution in [3.63, 3.8) is 0 Å². The molecule has 0 radical (unpaired) electrons. The van der Waals surface area contributed by atoms with E-state index in [2.05, 4.69) is 10.1 Å². The lowest BCUT2D eigenvalue weighted by Gasteiger charge is -2.22. The highest BCUT2D eigenvalue weighted by Gasteiger charge is 2.47. The maximum absolute atomic E-state index is 14.3. The molecule has 120 valence electrons. The van der Waals surface area contributed by atoms with Crippen molar-refractivity contribution in [2.45, 2.75) is 32.0 Å². The maximum Gasteiger partial charge on any atom is 0.345 e. The fourth-order valence-corrected chi connectivity index (χ4v) is 2.51. The van der Waals surface area contributed by atoms with Crippen molar-refractivity contribution in [1.29, 1.82) is 0 Å². The van der Waals surface area contributed by atoms with Gasteiger partial charge in [0.05, 0.1) is 19.7 Å². The third kappa shape index (κ3) is 3.37. The van der Waals surface area contributed by atoms with Gasteiger partial charge in [-0.05, 0) is 19.4 Å². The quantitative estimate of drug-likeness (QED) is 0.872. The molecule has 5 nitrogen and oxygen atoms in total. The molecule has 1 aliphatic heterocycles. The van der Waals surface area contributed by atoms with Crippen LogP contribution in [0.5, 0.6) is 0 Å². The molecule has 1 heterocycles. The van der Waals surface area contributed by atoms with Gasteiger partial charge in [-0.25, -0.2) is 14.0 Å². The van der Waals surface area contributed by atoms with Gasteiger partial charge in [-0.15, -0.1) is 0 Å². The molecule has 0 saturated carbocycles. The second kappa shape index (κ2) is 6.34. The Morgan fingerprint density at radius 1 is 1.36 bits per heavy atom. The van der Waals surface area contributed by atoms with Crippen LogP contribution in [-0.2, 0) is 9.53 Å². The summed E-state index contributed by atoms with van der Waals surface area (Å²) in [4.78, 5) is 24.9. The molecule has 0 aromatic heterocycles. The van der Waals surface area contributed by atoms with E-state index in [-0.39, 0.29) is 31.6 Å². The Labute approximate surface area is 129 Å². The van der Waals surface area contributed by atoms with E-state index in [9.17, 15) is 14.0 Å². The predicted octanol–water partition coefficient (Wildman–Crippen LogP) is 2.35. The predicted molar refractivity (Wildman–Crippen MR) is 80.2 cm³/mol. The molecule has 1 aliphatic rings. The van der Waals surface area contributed by atoms with Crippen molar-refractivity contribution >= 4 is 12.0 Å². The molecular weight excluding hydrogens is 287 g/mol. The van der Waals surface area contributed by atoms with Crippen LogP contribution < -0.4 is 5.32 Å². The van der Waals surface area contributed by atoms with Gasteiger partial charge in [0.1, 0.15) is 0 Å². The van der Waals surface area contributed by atoms with Crippen molar-refractivity contribution < 1.29 is 18.7 Å². The number of hydrogen-bond acceptors (Lipinski definition) is 3. The highest BCUT2D eigenvalue weighted by atomic mass is 19.1. The third-order valence-corrected chi connectivity index (χ3v) is 3.98. The second-order valence-corrected chi connectivity index (χ2v) is 5.71. The molecule has 1 saturated heterocycles. The number of nitrogens with one attached hydrogen (secondary N) is 1. The van der Waals surface area contributed by atoms with E-state index in [0.29, 0.717) is 0 Å². The van der Waals surface area contributed by atoms with Crippen LogP contribution in [0.2, 0.25) is 0 Å². The topological polar surface area (TPSA) is 58.6 Å². The van der Waals surface area contributed by atoms with Gasteiger partial charge >= 0.3 is 12.0 Å². The fourth-order valence-electron chi connectivity index (χ4n) is 2.51. The minimum Gasteiger partial charge on any atom is -0.467 e. The van der Waals surface area contributed by atoms with Crippen LogP contribution in [0.4, 0.5) is 9.18 Å². The van der Waals surface area contributed by atoms with Crippen molar-refractivity contribution in [2.75, 3.05) is 20.2 Å². The van der Waals surface area contributed by atoms with Crippen LogP contribution >= 0.6 is 0 Å². The van der Waals surface area contributed by atoms with Crippen LogP contribution in [0, 0.1) is 6.92 Å². The summed E-state index contributed by atoms with van der Waals surface area (Å²) >= 11 is 0. The number of benzene rings is 1. The summed E-state index contributed by atoms with van der Waals surface area (Å²) in [7, 11) is 1.14. The lowest BCUT2D eigenvalue weighted by Crippen LogP contribution is -2.44. The van der Waals surface area contributed by atoms with Crippen LogP contribution in [-0.4, -0.2) is 42.8 Å². The molecule has 0 unspecified atom stereocenters. The average Bonchev–Trinajstić information content (AvgIpc) is 2.91. The Balaban J connectivity index is 1.96. The van der Waals surface area contributed by atoms with Gasteiger partial charge in [-0.2, -0.15) is 0 Å². The molecule has 0 bridgehead atoms. The smallest absolute Gasteiger partial charge is 0.345 e. The van der Waals surface area contributed by atoms with Gasteiger partial charge in [0.15, 0.2) is 0 Å². The van der Waals surface area contributed by atoms with E-state index in [4.69, 9.17) is 0 Å². The number of carbonyl (C=O) groups excluding carboxylic acids is 2. The molecular formula is C16H21FN2O3. The van der Waals surface area contributed by atoms with Gasteiger partial charge in [-0.3, -0.25) is 0 Å². The van der Waals surface area contributed by atoms with Crippen LogP contribution in [0.25, 0.3) is 0 Å². The molecule has 0 aliphatic carbocycles. The molecule has 2 atom stereocenters. The largest absolute Gasteiger partial charge is 0.467 e. The Hall–Kier alpha value is -2.11. The highest BCUT2D eigenvalue weighted by Crippen LogP contribution is 2.27. The van der Waals surface area contributed by atoms with E-state index in [0.717, 1.165) is 18.2 Å². The minimum absolute atomic E-state index is 0.0357. The number of carbonyl (C=O) groups is 2. The normalized spacial score (nSPS) is 22.3. The van der Waals surface area contributed by atoms with Crippen LogP contribution in [0.1, 0.15) is 30.5 Å². The Morgan fingerprint density at radius 3 is 2.59 bits per heavy atom. The first-order valence-corrected chi connectivity index (χ1v) is 7.25. The SMILES string of the molecule is COC(=O)[C@]1(F)CCN(C(=O)N[C@H](C)c2ccc(C)cc2)C1.